The van der Waals surface area contributed by atoms with E-state index >= 15 is 0 Å². The lowest BCUT2D eigenvalue weighted by Gasteiger charge is -2.29. The highest BCUT2D eigenvalue weighted by Crippen LogP contribution is 2.19. The zero-order chi connectivity index (χ0) is 12.4. The van der Waals surface area contributed by atoms with Crippen LogP contribution in [-0.4, -0.2) is 34.8 Å². The van der Waals surface area contributed by atoms with Crippen LogP contribution in [0.15, 0.2) is 18.5 Å². The van der Waals surface area contributed by atoms with Crippen LogP contribution >= 0.6 is 0 Å². The fourth-order valence-corrected chi connectivity index (χ4v) is 1.87. The predicted molar refractivity (Wildman–Crippen MR) is 63.4 cm³/mol. The predicted octanol–water partition coefficient (Wildman–Crippen LogP) is 0.949. The summed E-state index contributed by atoms with van der Waals surface area (Å²) in [5, 5.41) is 3.17. The lowest BCUT2D eigenvalue weighted by molar-refractivity contribution is -0.146. The van der Waals surface area contributed by atoms with Crippen molar-refractivity contribution in [1.29, 1.82) is 0 Å². The molecule has 0 saturated carbocycles. The minimum absolute atomic E-state index is 0.112. The van der Waals surface area contributed by atoms with E-state index in [-0.39, 0.29) is 17.9 Å². The van der Waals surface area contributed by atoms with Crippen LogP contribution in [0.25, 0.3) is 0 Å². The third kappa shape index (κ3) is 2.27. The number of carbonyl (C=O) groups is 2. The number of likely N-dealkylation sites (tertiary alicyclic amines) is 1. The van der Waals surface area contributed by atoms with Crippen LogP contribution < -0.4 is 5.32 Å². The van der Waals surface area contributed by atoms with Gasteiger partial charge in [0.1, 0.15) is 6.04 Å². The van der Waals surface area contributed by atoms with Gasteiger partial charge in [-0.25, -0.2) is 0 Å². The Hall–Kier alpha value is -1.91. The van der Waals surface area contributed by atoms with Crippen LogP contribution in [0.5, 0.6) is 0 Å². The number of aromatic nitrogens is 1. The maximum Gasteiger partial charge on any atom is 0.251 e. The summed E-state index contributed by atoms with van der Waals surface area (Å²) in [6.45, 7) is 1.93. The Morgan fingerprint density at radius 2 is 2.24 bits per heavy atom. The Morgan fingerprint density at radius 1 is 1.47 bits per heavy atom. The van der Waals surface area contributed by atoms with Crippen molar-refractivity contribution in [2.45, 2.75) is 25.8 Å². The molecule has 1 N–H and O–H groups in total. The van der Waals surface area contributed by atoms with Gasteiger partial charge in [-0.3, -0.25) is 19.5 Å². The van der Waals surface area contributed by atoms with Crippen molar-refractivity contribution in [2.75, 3.05) is 12.4 Å². The number of pyridine rings is 1. The molecule has 5 nitrogen and oxygen atoms in total. The van der Waals surface area contributed by atoms with E-state index in [1.165, 1.54) is 11.9 Å². The number of amides is 2. The Bertz CT molecular complexity index is 459. The summed E-state index contributed by atoms with van der Waals surface area (Å²) >= 11 is 0. The Balaban J connectivity index is 2.12. The number of hydrogen-bond donors (Lipinski definition) is 1. The van der Waals surface area contributed by atoms with Crippen molar-refractivity contribution >= 4 is 17.5 Å². The molecule has 1 aliphatic heterocycles. The molecule has 1 aromatic rings. The van der Waals surface area contributed by atoms with Gasteiger partial charge < -0.3 is 5.32 Å². The number of hydrogen-bond acceptors (Lipinski definition) is 4. The second-order valence-corrected chi connectivity index (χ2v) is 4.22. The average Bonchev–Trinajstić information content (AvgIpc) is 2.32. The molecular formula is C12H15N3O2. The van der Waals surface area contributed by atoms with Gasteiger partial charge in [-0.05, 0) is 25.0 Å². The van der Waals surface area contributed by atoms with E-state index < -0.39 is 0 Å². The second-order valence-electron chi connectivity index (χ2n) is 4.22. The summed E-state index contributed by atoms with van der Waals surface area (Å²) in [4.78, 5) is 28.4. The zero-order valence-electron chi connectivity index (χ0n) is 9.93. The van der Waals surface area contributed by atoms with Gasteiger partial charge in [0, 0.05) is 31.5 Å². The minimum Gasteiger partial charge on any atom is -0.373 e. The van der Waals surface area contributed by atoms with Crippen LogP contribution in [0, 0.1) is 6.92 Å². The molecule has 5 heteroatoms. The molecule has 0 bridgehead atoms. The van der Waals surface area contributed by atoms with Gasteiger partial charge in [0.15, 0.2) is 0 Å². The molecule has 17 heavy (non-hydrogen) atoms. The summed E-state index contributed by atoms with van der Waals surface area (Å²) < 4.78 is 0. The first-order chi connectivity index (χ1) is 8.09. The van der Waals surface area contributed by atoms with Crippen molar-refractivity contribution in [3.63, 3.8) is 0 Å². The first-order valence-corrected chi connectivity index (χ1v) is 5.57. The molecule has 0 aliphatic carbocycles. The normalized spacial score (nSPS) is 20.6. The molecule has 0 spiro atoms. The Kier molecular flexibility index (Phi) is 3.08. The van der Waals surface area contributed by atoms with Crippen LogP contribution in [0.4, 0.5) is 5.69 Å². The molecule has 2 rings (SSSR count). The highest BCUT2D eigenvalue weighted by molar-refractivity contribution is 6.01. The average molecular weight is 233 g/mol. The molecule has 1 aliphatic rings. The van der Waals surface area contributed by atoms with Crippen LogP contribution in [0.3, 0.4) is 0 Å². The van der Waals surface area contributed by atoms with Crippen molar-refractivity contribution < 1.29 is 9.59 Å². The zero-order valence-corrected chi connectivity index (χ0v) is 9.93. The molecule has 1 aromatic heterocycles. The Labute approximate surface area is 99.8 Å². The van der Waals surface area contributed by atoms with E-state index in [1.54, 1.807) is 12.4 Å². The number of anilines is 1. The number of carbonyl (C=O) groups excluding carboxylic acids is 2. The molecule has 2 amide bonds. The van der Waals surface area contributed by atoms with Gasteiger partial charge in [-0.15, -0.1) is 0 Å². The second kappa shape index (κ2) is 4.53. The molecule has 0 radical (unpaired) electrons. The lowest BCUT2D eigenvalue weighted by atomic mass is 10.0. The van der Waals surface area contributed by atoms with Crippen LogP contribution in [-0.2, 0) is 9.59 Å². The lowest BCUT2D eigenvalue weighted by Crippen LogP contribution is -2.48. The Morgan fingerprint density at radius 3 is 2.94 bits per heavy atom. The molecule has 1 fully saturated rings. The SMILES string of the molecule is Cc1cnccc1NC1CCC(=O)N(C)C1=O. The monoisotopic (exact) mass is 233 g/mol. The van der Waals surface area contributed by atoms with E-state index in [0.717, 1.165) is 11.3 Å². The van der Waals surface area contributed by atoms with Crippen LogP contribution in [0.1, 0.15) is 18.4 Å². The fourth-order valence-electron chi connectivity index (χ4n) is 1.87. The van der Waals surface area contributed by atoms with Crippen molar-refractivity contribution in [3.8, 4) is 0 Å². The minimum atomic E-state index is -0.321. The van der Waals surface area contributed by atoms with Crippen molar-refractivity contribution in [2.24, 2.45) is 0 Å². The largest absolute Gasteiger partial charge is 0.373 e. The molecule has 90 valence electrons. The maximum absolute atomic E-state index is 11.9. The quantitative estimate of drug-likeness (QED) is 0.772. The standard InChI is InChI=1S/C12H15N3O2/c1-8-7-13-6-5-9(8)14-10-3-4-11(16)15(2)12(10)17/h5-7,10H,3-4H2,1-2H3,(H,13,14). The summed E-state index contributed by atoms with van der Waals surface area (Å²) in [5.41, 5.74) is 1.88. The van der Waals surface area contributed by atoms with E-state index in [2.05, 4.69) is 10.3 Å². The summed E-state index contributed by atoms with van der Waals surface area (Å²) in [5.74, 6) is -0.281. The molecular weight excluding hydrogens is 218 g/mol. The molecule has 1 unspecified atom stereocenters. The molecule has 1 atom stereocenters. The smallest absolute Gasteiger partial charge is 0.251 e. The third-order valence-corrected chi connectivity index (χ3v) is 3.00. The number of piperidine rings is 1. The van der Waals surface area contributed by atoms with Gasteiger partial charge in [-0.1, -0.05) is 0 Å². The van der Waals surface area contributed by atoms with Gasteiger partial charge in [0.2, 0.25) is 5.91 Å². The van der Waals surface area contributed by atoms with Crippen molar-refractivity contribution in [1.82, 2.24) is 9.88 Å². The number of imide groups is 1. The molecule has 0 aromatic carbocycles. The maximum atomic E-state index is 11.9. The van der Waals surface area contributed by atoms with Gasteiger partial charge in [0.25, 0.3) is 5.91 Å². The van der Waals surface area contributed by atoms with E-state index in [4.69, 9.17) is 0 Å². The van der Waals surface area contributed by atoms with E-state index in [0.29, 0.717) is 12.8 Å². The summed E-state index contributed by atoms with van der Waals surface area (Å²) in [6.07, 6.45) is 4.37. The number of aryl methyl sites for hydroxylation is 1. The van der Waals surface area contributed by atoms with Gasteiger partial charge >= 0.3 is 0 Å². The first kappa shape index (κ1) is 11.6. The summed E-state index contributed by atoms with van der Waals surface area (Å²) in [6, 6.07) is 1.51. The number of nitrogens with zero attached hydrogens (tertiary/aromatic N) is 2. The third-order valence-electron chi connectivity index (χ3n) is 3.00. The highest BCUT2D eigenvalue weighted by atomic mass is 16.2. The van der Waals surface area contributed by atoms with E-state index in [9.17, 15) is 9.59 Å². The van der Waals surface area contributed by atoms with Gasteiger partial charge in [-0.2, -0.15) is 0 Å². The van der Waals surface area contributed by atoms with Crippen molar-refractivity contribution in [3.05, 3.63) is 24.0 Å². The summed E-state index contributed by atoms with van der Waals surface area (Å²) in [7, 11) is 1.53. The molecule has 1 saturated heterocycles. The van der Waals surface area contributed by atoms with Gasteiger partial charge in [0.05, 0.1) is 0 Å². The number of likely N-dealkylation sites (N-methyl/N-ethyl adjacent to an activating group) is 1. The molecule has 2 heterocycles. The fraction of sp³-hybridized carbons (Fsp3) is 0.417. The number of rotatable bonds is 2. The highest BCUT2D eigenvalue weighted by Gasteiger charge is 2.31. The number of nitrogens with one attached hydrogen (secondary N) is 1. The first-order valence-electron chi connectivity index (χ1n) is 5.57. The van der Waals surface area contributed by atoms with Crippen LogP contribution in [0.2, 0.25) is 0 Å². The topological polar surface area (TPSA) is 62.3 Å². The van der Waals surface area contributed by atoms with E-state index in [1.807, 2.05) is 13.0 Å².